The molecule has 0 bridgehead atoms. The van der Waals surface area contributed by atoms with Crippen LogP contribution in [-0.4, -0.2) is 23.1 Å². The number of nitrogens with zero attached hydrogens (tertiary/aromatic N) is 2. The highest BCUT2D eigenvalue weighted by atomic mass is 79.9. The Morgan fingerprint density at radius 1 is 1.04 bits per heavy atom. The van der Waals surface area contributed by atoms with E-state index in [4.69, 9.17) is 4.74 Å². The first-order valence-electron chi connectivity index (χ1n) is 8.47. The normalized spacial score (nSPS) is 11.6. The Kier molecular flexibility index (Phi) is 6.44. The highest BCUT2D eigenvalue weighted by Gasteiger charge is 2.07. The second-order valence-electron chi connectivity index (χ2n) is 5.77. The van der Waals surface area contributed by atoms with Crippen molar-refractivity contribution in [2.24, 2.45) is 0 Å². The van der Waals surface area contributed by atoms with Crippen molar-refractivity contribution < 1.29 is 4.74 Å². The van der Waals surface area contributed by atoms with Crippen molar-refractivity contribution >= 4 is 27.7 Å². The highest BCUT2D eigenvalue weighted by Crippen LogP contribution is 2.20. The molecule has 134 valence electrons. The smallest absolute Gasteiger partial charge is 0.224 e. The maximum atomic E-state index is 5.65. The van der Waals surface area contributed by atoms with Crippen molar-refractivity contribution in [1.29, 1.82) is 0 Å². The Balaban J connectivity index is 1.50. The minimum absolute atomic E-state index is 0.146. The molecular formula is C20H21BrN4O. The quantitative estimate of drug-likeness (QED) is 0.515. The van der Waals surface area contributed by atoms with Crippen molar-refractivity contribution in [1.82, 2.24) is 9.97 Å². The van der Waals surface area contributed by atoms with E-state index in [1.807, 2.05) is 48.5 Å². The van der Waals surface area contributed by atoms with Crippen LogP contribution in [0.2, 0.25) is 0 Å². The lowest BCUT2D eigenvalue weighted by Gasteiger charge is -2.15. The molecule has 0 aliphatic heterocycles. The van der Waals surface area contributed by atoms with Crippen LogP contribution in [-0.2, 0) is 0 Å². The SMILES string of the molecule is CC(Nc1ccnc(NCCOc2ccccc2)n1)c1ccc(Br)cc1. The maximum Gasteiger partial charge on any atom is 0.224 e. The maximum absolute atomic E-state index is 5.65. The number of ether oxygens (including phenoxy) is 1. The van der Waals surface area contributed by atoms with Gasteiger partial charge in [0.2, 0.25) is 5.95 Å². The van der Waals surface area contributed by atoms with Crippen molar-refractivity contribution in [3.63, 3.8) is 0 Å². The van der Waals surface area contributed by atoms with E-state index in [1.165, 1.54) is 5.56 Å². The molecule has 6 heteroatoms. The molecule has 1 atom stereocenters. The van der Waals surface area contributed by atoms with Crippen LogP contribution in [0.4, 0.5) is 11.8 Å². The van der Waals surface area contributed by atoms with E-state index in [0.29, 0.717) is 19.1 Å². The first kappa shape index (κ1) is 18.2. The average Bonchev–Trinajstić information content (AvgIpc) is 2.67. The van der Waals surface area contributed by atoms with Gasteiger partial charge in [-0.15, -0.1) is 0 Å². The topological polar surface area (TPSA) is 59.1 Å². The monoisotopic (exact) mass is 412 g/mol. The summed E-state index contributed by atoms with van der Waals surface area (Å²) in [5, 5.41) is 6.58. The third-order valence-electron chi connectivity index (χ3n) is 3.79. The Bertz CT molecular complexity index is 812. The summed E-state index contributed by atoms with van der Waals surface area (Å²) >= 11 is 3.46. The van der Waals surface area contributed by atoms with Gasteiger partial charge in [0.05, 0.1) is 6.54 Å². The van der Waals surface area contributed by atoms with Crippen LogP contribution in [0.25, 0.3) is 0 Å². The number of hydrogen-bond donors (Lipinski definition) is 2. The predicted octanol–water partition coefficient (Wildman–Crippen LogP) is 4.90. The van der Waals surface area contributed by atoms with Crippen LogP contribution in [0.3, 0.4) is 0 Å². The Morgan fingerprint density at radius 2 is 1.81 bits per heavy atom. The molecule has 0 spiro atoms. The van der Waals surface area contributed by atoms with Crippen molar-refractivity contribution in [3.05, 3.63) is 76.9 Å². The summed E-state index contributed by atoms with van der Waals surface area (Å²) in [6.07, 6.45) is 1.74. The van der Waals surface area contributed by atoms with Crippen LogP contribution in [0.1, 0.15) is 18.5 Å². The lowest BCUT2D eigenvalue weighted by Crippen LogP contribution is -2.14. The van der Waals surface area contributed by atoms with Crippen molar-refractivity contribution in [2.75, 3.05) is 23.8 Å². The van der Waals surface area contributed by atoms with Crippen LogP contribution in [0.15, 0.2) is 71.3 Å². The summed E-state index contributed by atoms with van der Waals surface area (Å²) in [4.78, 5) is 8.75. The summed E-state index contributed by atoms with van der Waals surface area (Å²) in [6.45, 7) is 3.27. The zero-order chi connectivity index (χ0) is 18.2. The standard InChI is InChI=1S/C20H21BrN4O/c1-15(16-7-9-17(21)10-8-16)24-19-11-12-22-20(25-19)23-13-14-26-18-5-3-2-4-6-18/h2-12,15H,13-14H2,1H3,(H2,22,23,24,25). The number of halogens is 1. The van der Waals surface area contributed by atoms with E-state index in [9.17, 15) is 0 Å². The molecular weight excluding hydrogens is 392 g/mol. The number of para-hydroxylation sites is 1. The third-order valence-corrected chi connectivity index (χ3v) is 4.32. The third kappa shape index (κ3) is 5.46. The fourth-order valence-electron chi connectivity index (χ4n) is 2.43. The van der Waals surface area contributed by atoms with Crippen LogP contribution < -0.4 is 15.4 Å². The second kappa shape index (κ2) is 9.20. The minimum atomic E-state index is 0.146. The summed E-state index contributed by atoms with van der Waals surface area (Å²) in [5.41, 5.74) is 1.19. The minimum Gasteiger partial charge on any atom is -0.492 e. The van der Waals surface area contributed by atoms with E-state index in [-0.39, 0.29) is 6.04 Å². The van der Waals surface area contributed by atoms with Gasteiger partial charge < -0.3 is 15.4 Å². The van der Waals surface area contributed by atoms with Gasteiger partial charge in [-0.25, -0.2) is 4.98 Å². The Morgan fingerprint density at radius 3 is 2.58 bits per heavy atom. The van der Waals surface area contributed by atoms with Gasteiger partial charge in [0, 0.05) is 16.7 Å². The van der Waals surface area contributed by atoms with E-state index >= 15 is 0 Å². The summed E-state index contributed by atoms with van der Waals surface area (Å²) in [6, 6.07) is 20.0. The largest absolute Gasteiger partial charge is 0.492 e. The predicted molar refractivity (Wildman–Crippen MR) is 109 cm³/mol. The molecule has 0 aliphatic rings. The fraction of sp³-hybridized carbons (Fsp3) is 0.200. The lowest BCUT2D eigenvalue weighted by molar-refractivity contribution is 0.332. The van der Waals surface area contributed by atoms with Crippen LogP contribution in [0.5, 0.6) is 5.75 Å². The van der Waals surface area contributed by atoms with E-state index in [2.05, 4.69) is 55.6 Å². The van der Waals surface area contributed by atoms with Gasteiger partial charge in [-0.3, -0.25) is 0 Å². The lowest BCUT2D eigenvalue weighted by atomic mass is 10.1. The van der Waals surface area contributed by atoms with Gasteiger partial charge >= 0.3 is 0 Å². The van der Waals surface area contributed by atoms with E-state index in [1.54, 1.807) is 6.20 Å². The zero-order valence-corrected chi connectivity index (χ0v) is 16.1. The molecule has 3 rings (SSSR count). The number of hydrogen-bond acceptors (Lipinski definition) is 5. The van der Waals surface area contributed by atoms with Gasteiger partial charge in [-0.1, -0.05) is 46.3 Å². The first-order valence-corrected chi connectivity index (χ1v) is 9.27. The molecule has 1 heterocycles. The van der Waals surface area contributed by atoms with Gasteiger partial charge in [-0.05, 0) is 42.8 Å². The molecule has 0 radical (unpaired) electrons. The number of aromatic nitrogens is 2. The zero-order valence-electron chi connectivity index (χ0n) is 14.5. The Hall–Kier alpha value is -2.60. The summed E-state index contributed by atoms with van der Waals surface area (Å²) in [5.74, 6) is 2.21. The number of nitrogens with one attached hydrogen (secondary N) is 2. The second-order valence-corrected chi connectivity index (χ2v) is 6.69. The molecule has 1 unspecified atom stereocenters. The number of rotatable bonds is 8. The molecule has 0 saturated heterocycles. The van der Waals surface area contributed by atoms with E-state index < -0.39 is 0 Å². The van der Waals surface area contributed by atoms with Gasteiger partial charge in [0.1, 0.15) is 18.2 Å². The van der Waals surface area contributed by atoms with Gasteiger partial charge in [0.15, 0.2) is 0 Å². The number of anilines is 2. The van der Waals surface area contributed by atoms with Crippen LogP contribution in [0, 0.1) is 0 Å². The molecule has 3 aromatic rings. The Labute approximate surface area is 162 Å². The van der Waals surface area contributed by atoms with Crippen molar-refractivity contribution in [2.45, 2.75) is 13.0 Å². The molecule has 0 amide bonds. The molecule has 5 nitrogen and oxygen atoms in total. The van der Waals surface area contributed by atoms with E-state index in [0.717, 1.165) is 16.0 Å². The summed E-state index contributed by atoms with van der Waals surface area (Å²) in [7, 11) is 0. The molecule has 26 heavy (non-hydrogen) atoms. The average molecular weight is 413 g/mol. The number of benzene rings is 2. The molecule has 0 saturated carbocycles. The van der Waals surface area contributed by atoms with Crippen molar-refractivity contribution in [3.8, 4) is 5.75 Å². The molecule has 0 fully saturated rings. The van der Waals surface area contributed by atoms with Gasteiger partial charge in [0.25, 0.3) is 0 Å². The highest BCUT2D eigenvalue weighted by molar-refractivity contribution is 9.10. The molecule has 2 aromatic carbocycles. The first-order chi connectivity index (χ1) is 12.7. The summed E-state index contributed by atoms with van der Waals surface area (Å²) < 4.78 is 6.72. The molecule has 2 N–H and O–H groups in total. The molecule has 1 aromatic heterocycles. The van der Waals surface area contributed by atoms with Gasteiger partial charge in [-0.2, -0.15) is 4.98 Å². The molecule has 0 aliphatic carbocycles. The van der Waals surface area contributed by atoms with Crippen LogP contribution >= 0.6 is 15.9 Å². The fourth-order valence-corrected chi connectivity index (χ4v) is 2.69.